The fourth-order valence-corrected chi connectivity index (χ4v) is 2.33. The van der Waals surface area contributed by atoms with E-state index in [0.717, 1.165) is 24.4 Å². The van der Waals surface area contributed by atoms with Crippen LogP contribution >= 0.6 is 0 Å². The van der Waals surface area contributed by atoms with E-state index in [1.165, 1.54) is 25.7 Å². The van der Waals surface area contributed by atoms with Crippen molar-refractivity contribution in [1.29, 1.82) is 0 Å². The predicted molar refractivity (Wildman–Crippen MR) is 61.4 cm³/mol. The Kier molecular flexibility index (Phi) is 4.94. The van der Waals surface area contributed by atoms with Gasteiger partial charge in [0.1, 0.15) is 0 Å². The lowest BCUT2D eigenvalue weighted by Gasteiger charge is -2.17. The number of rotatable bonds is 5. The molecule has 0 radical (unpaired) electrons. The van der Waals surface area contributed by atoms with E-state index in [1.54, 1.807) is 0 Å². The van der Waals surface area contributed by atoms with E-state index in [4.69, 9.17) is 4.74 Å². The zero-order valence-electron chi connectivity index (χ0n) is 10.3. The van der Waals surface area contributed by atoms with Gasteiger partial charge in [0.05, 0.1) is 12.7 Å². The Balaban J connectivity index is 2.12. The molecule has 0 aromatic heterocycles. The van der Waals surface area contributed by atoms with Crippen molar-refractivity contribution in [2.75, 3.05) is 6.61 Å². The van der Waals surface area contributed by atoms with Gasteiger partial charge in [-0.05, 0) is 31.1 Å². The number of hydrogen-bond donors (Lipinski definition) is 0. The van der Waals surface area contributed by atoms with Crippen molar-refractivity contribution < 1.29 is 4.74 Å². The molecule has 1 aliphatic heterocycles. The molecule has 84 valence electrons. The molecule has 0 spiro atoms. The van der Waals surface area contributed by atoms with Crippen molar-refractivity contribution in [1.82, 2.24) is 0 Å². The summed E-state index contributed by atoms with van der Waals surface area (Å²) < 4.78 is 5.61. The average molecular weight is 198 g/mol. The summed E-state index contributed by atoms with van der Waals surface area (Å²) in [5, 5.41) is 0. The van der Waals surface area contributed by atoms with Crippen LogP contribution in [0.25, 0.3) is 0 Å². The second-order valence-corrected chi connectivity index (χ2v) is 5.44. The van der Waals surface area contributed by atoms with Gasteiger partial charge in [-0.25, -0.2) is 0 Å². The summed E-state index contributed by atoms with van der Waals surface area (Å²) in [7, 11) is 0. The second-order valence-electron chi connectivity index (χ2n) is 5.44. The number of hydrogen-bond acceptors (Lipinski definition) is 1. The summed E-state index contributed by atoms with van der Waals surface area (Å²) in [4.78, 5) is 0. The van der Waals surface area contributed by atoms with Gasteiger partial charge >= 0.3 is 0 Å². The maximum absolute atomic E-state index is 5.61. The predicted octanol–water partition coefficient (Wildman–Crippen LogP) is 3.87. The lowest BCUT2D eigenvalue weighted by molar-refractivity contribution is 0.115. The van der Waals surface area contributed by atoms with Crippen molar-refractivity contribution in [3.8, 4) is 0 Å². The monoisotopic (exact) mass is 198 g/mol. The lowest BCUT2D eigenvalue weighted by atomic mass is 9.87. The Morgan fingerprint density at radius 3 is 2.43 bits per heavy atom. The fourth-order valence-electron chi connectivity index (χ4n) is 2.33. The summed E-state index contributed by atoms with van der Waals surface area (Å²) in [6.45, 7) is 10.2. The zero-order chi connectivity index (χ0) is 10.6. The maximum Gasteiger partial charge on any atom is 0.0550 e. The third kappa shape index (κ3) is 4.00. The van der Waals surface area contributed by atoms with E-state index in [2.05, 4.69) is 27.7 Å². The van der Waals surface area contributed by atoms with Gasteiger partial charge in [-0.2, -0.15) is 0 Å². The molecular weight excluding hydrogens is 172 g/mol. The Morgan fingerprint density at radius 2 is 1.93 bits per heavy atom. The highest BCUT2D eigenvalue weighted by atomic mass is 16.5. The molecule has 1 heterocycles. The third-order valence-corrected chi connectivity index (χ3v) is 3.48. The molecular formula is C13H26O. The molecule has 1 nitrogen and oxygen atoms in total. The highest BCUT2D eigenvalue weighted by Gasteiger charge is 2.26. The molecule has 0 amide bonds. The minimum atomic E-state index is 0.507. The Bertz CT molecular complexity index is 153. The van der Waals surface area contributed by atoms with Crippen LogP contribution in [0, 0.1) is 17.8 Å². The summed E-state index contributed by atoms with van der Waals surface area (Å²) in [5.74, 6) is 2.55. The van der Waals surface area contributed by atoms with E-state index in [-0.39, 0.29) is 0 Å². The van der Waals surface area contributed by atoms with Crippen molar-refractivity contribution in [2.24, 2.45) is 17.8 Å². The molecule has 1 saturated heterocycles. The molecule has 0 aromatic rings. The fraction of sp³-hybridized carbons (Fsp3) is 1.00. The van der Waals surface area contributed by atoms with Crippen LogP contribution in [0.1, 0.15) is 53.4 Å². The Hall–Kier alpha value is -0.0400. The van der Waals surface area contributed by atoms with Crippen molar-refractivity contribution in [3.63, 3.8) is 0 Å². The van der Waals surface area contributed by atoms with Crippen molar-refractivity contribution in [2.45, 2.75) is 59.5 Å². The third-order valence-electron chi connectivity index (χ3n) is 3.48. The van der Waals surface area contributed by atoms with Crippen LogP contribution in [0.15, 0.2) is 0 Å². The molecule has 1 aliphatic rings. The smallest absolute Gasteiger partial charge is 0.0550 e. The van der Waals surface area contributed by atoms with Crippen LogP contribution in [0.3, 0.4) is 0 Å². The van der Waals surface area contributed by atoms with E-state index < -0.39 is 0 Å². The highest BCUT2D eigenvalue weighted by molar-refractivity contribution is 4.75. The summed E-state index contributed by atoms with van der Waals surface area (Å²) in [6, 6.07) is 0. The van der Waals surface area contributed by atoms with Gasteiger partial charge < -0.3 is 4.74 Å². The number of ether oxygens (including phenoxy) is 1. The molecule has 0 aromatic carbocycles. The minimum Gasteiger partial charge on any atom is -0.378 e. The van der Waals surface area contributed by atoms with Gasteiger partial charge in [0, 0.05) is 0 Å². The highest BCUT2D eigenvalue weighted by Crippen LogP contribution is 2.29. The normalized spacial score (nSPS) is 29.8. The summed E-state index contributed by atoms with van der Waals surface area (Å²) in [5.41, 5.74) is 0. The lowest BCUT2D eigenvalue weighted by Crippen LogP contribution is -2.12. The molecule has 1 rings (SSSR count). The van der Waals surface area contributed by atoms with E-state index in [1.807, 2.05) is 0 Å². The second kappa shape index (κ2) is 5.75. The van der Waals surface area contributed by atoms with Crippen LogP contribution in [0.5, 0.6) is 0 Å². The van der Waals surface area contributed by atoms with Gasteiger partial charge in [0.15, 0.2) is 0 Å². The van der Waals surface area contributed by atoms with E-state index >= 15 is 0 Å². The molecule has 0 N–H and O–H groups in total. The molecule has 3 atom stereocenters. The first-order chi connectivity index (χ1) is 6.59. The maximum atomic E-state index is 5.61. The first-order valence-corrected chi connectivity index (χ1v) is 6.21. The van der Waals surface area contributed by atoms with Crippen LogP contribution < -0.4 is 0 Å². The molecule has 1 heteroatoms. The molecule has 0 saturated carbocycles. The molecule has 3 unspecified atom stereocenters. The largest absolute Gasteiger partial charge is 0.378 e. The van der Waals surface area contributed by atoms with Gasteiger partial charge in [0.2, 0.25) is 0 Å². The zero-order valence-corrected chi connectivity index (χ0v) is 10.3. The summed E-state index contributed by atoms with van der Waals surface area (Å²) in [6.07, 6.45) is 5.95. The van der Waals surface area contributed by atoms with Crippen LogP contribution in [-0.4, -0.2) is 12.7 Å². The quantitative estimate of drug-likeness (QED) is 0.651. The van der Waals surface area contributed by atoms with Gasteiger partial charge in [-0.3, -0.25) is 0 Å². The topological polar surface area (TPSA) is 9.23 Å². The van der Waals surface area contributed by atoms with Gasteiger partial charge in [-0.1, -0.05) is 40.0 Å². The average Bonchev–Trinajstić information content (AvgIpc) is 2.51. The van der Waals surface area contributed by atoms with Gasteiger partial charge in [-0.15, -0.1) is 0 Å². The van der Waals surface area contributed by atoms with Crippen molar-refractivity contribution >= 4 is 0 Å². The van der Waals surface area contributed by atoms with Crippen LogP contribution in [-0.2, 0) is 4.74 Å². The van der Waals surface area contributed by atoms with Crippen molar-refractivity contribution in [3.05, 3.63) is 0 Å². The van der Waals surface area contributed by atoms with E-state index in [0.29, 0.717) is 6.10 Å². The first kappa shape index (κ1) is 12.0. The molecule has 0 aliphatic carbocycles. The first-order valence-electron chi connectivity index (χ1n) is 6.21. The summed E-state index contributed by atoms with van der Waals surface area (Å²) >= 11 is 0. The van der Waals surface area contributed by atoms with Gasteiger partial charge in [0.25, 0.3) is 0 Å². The Labute approximate surface area is 89.2 Å². The SMILES string of the molecule is CC(C)CCCC(C)C1COC(C)C1. The van der Waals surface area contributed by atoms with E-state index in [9.17, 15) is 0 Å². The van der Waals surface area contributed by atoms with Crippen LogP contribution in [0.4, 0.5) is 0 Å². The molecule has 0 bridgehead atoms. The Morgan fingerprint density at radius 1 is 1.21 bits per heavy atom. The standard InChI is InChI=1S/C13H26O/c1-10(2)6-5-7-11(3)13-8-12(4)14-9-13/h10-13H,5-9H2,1-4H3. The van der Waals surface area contributed by atoms with Crippen LogP contribution in [0.2, 0.25) is 0 Å². The molecule has 1 fully saturated rings. The minimum absolute atomic E-state index is 0.507. The molecule has 14 heavy (non-hydrogen) atoms.